The fraction of sp³-hybridized carbons (Fsp3) is 0.956. The first kappa shape index (κ1) is 54.2. The lowest BCUT2D eigenvalue weighted by Crippen LogP contribution is -2.29. The summed E-state index contributed by atoms with van der Waals surface area (Å²) in [6, 6.07) is 0. The molecule has 0 saturated carbocycles. The predicted molar refractivity (Wildman–Crippen MR) is 223 cm³/mol. The Kier molecular flexibility index (Phi) is 54.2. The molecule has 0 saturated heterocycles. The Labute approximate surface area is 320 Å². The van der Waals surface area contributed by atoms with Gasteiger partial charge in [-0.3, -0.25) is 9.59 Å². The number of aliphatic hydroxyl groups excluding tert-OH is 1. The highest BCUT2D eigenvalue weighted by molar-refractivity contribution is 5.36. The number of hydrogen-bond acceptors (Lipinski definition) is 5. The molecule has 6 heteroatoms. The van der Waals surface area contributed by atoms with E-state index in [1.165, 1.54) is 206 Å². The molecule has 0 fully saturated rings. The Morgan fingerprint density at radius 3 is 1.10 bits per heavy atom. The van der Waals surface area contributed by atoms with Gasteiger partial charge in [0, 0.05) is 6.54 Å². The minimum absolute atomic E-state index is 0.250. The summed E-state index contributed by atoms with van der Waals surface area (Å²) >= 11 is 0. The number of carbonyl (C=O) groups excluding carboxylic acids is 1. The lowest BCUT2D eigenvalue weighted by molar-refractivity contribution is -0.129. The van der Waals surface area contributed by atoms with Gasteiger partial charge in [-0.1, -0.05) is 214 Å². The van der Waals surface area contributed by atoms with Crippen LogP contribution in [0.3, 0.4) is 0 Å². The molecule has 0 radical (unpaired) electrons. The zero-order valence-electron chi connectivity index (χ0n) is 35.3. The first-order valence-corrected chi connectivity index (χ1v) is 22.5. The van der Waals surface area contributed by atoms with Crippen LogP contribution in [-0.2, 0) is 14.3 Å². The van der Waals surface area contributed by atoms with Gasteiger partial charge in [-0.2, -0.15) is 0 Å². The van der Waals surface area contributed by atoms with Crippen molar-refractivity contribution in [2.75, 3.05) is 32.8 Å². The molecule has 0 unspecified atom stereocenters. The molecule has 51 heavy (non-hydrogen) atoms. The van der Waals surface area contributed by atoms with Gasteiger partial charge in [-0.25, -0.2) is 0 Å². The number of aliphatic hydroxyl groups is 1. The maximum atomic E-state index is 10.1. The highest BCUT2D eigenvalue weighted by Gasteiger charge is 2.10. The van der Waals surface area contributed by atoms with E-state index in [4.69, 9.17) is 14.6 Å². The zero-order valence-corrected chi connectivity index (χ0v) is 35.3. The summed E-state index contributed by atoms with van der Waals surface area (Å²) in [6.07, 6.45) is 42.5. The van der Waals surface area contributed by atoms with Crippen LogP contribution in [0.25, 0.3) is 0 Å². The molecule has 0 amide bonds. The first-order valence-electron chi connectivity index (χ1n) is 22.5. The molecule has 2 N–H and O–H groups in total. The van der Waals surface area contributed by atoms with Crippen molar-refractivity contribution < 1.29 is 24.5 Å². The topological polar surface area (TPSA) is 87.1 Å². The van der Waals surface area contributed by atoms with Gasteiger partial charge >= 0.3 is 0 Å². The van der Waals surface area contributed by atoms with Crippen LogP contribution in [0, 0.1) is 11.8 Å². The van der Waals surface area contributed by atoms with E-state index in [-0.39, 0.29) is 6.47 Å². The molecule has 0 aromatic heterocycles. The predicted octanol–water partition coefficient (Wildman–Crippen LogP) is 13.6. The lowest BCUT2D eigenvalue weighted by Gasteiger charge is -2.21. The summed E-state index contributed by atoms with van der Waals surface area (Å²) in [5, 5.41) is 16.2. The van der Waals surface area contributed by atoms with E-state index in [0.29, 0.717) is 19.7 Å². The molecule has 0 heterocycles. The van der Waals surface area contributed by atoms with Crippen molar-refractivity contribution in [1.82, 2.24) is 4.90 Å². The smallest absolute Gasteiger partial charge is 0.293 e. The Balaban J connectivity index is -0.00000101. The molecule has 0 bridgehead atoms. The summed E-state index contributed by atoms with van der Waals surface area (Å²) in [5.41, 5.74) is 0. The van der Waals surface area contributed by atoms with E-state index in [1.54, 1.807) is 0 Å². The van der Waals surface area contributed by atoms with E-state index in [0.717, 1.165) is 24.8 Å². The quantitative estimate of drug-likeness (QED) is 0.0484. The van der Waals surface area contributed by atoms with Gasteiger partial charge in [0.2, 0.25) is 0 Å². The average molecular weight is 728 g/mol. The molecule has 0 aliphatic carbocycles. The number of nitrogens with zero attached hydrogens (tertiary/aromatic N) is 1. The maximum absolute atomic E-state index is 10.1. The van der Waals surface area contributed by atoms with Gasteiger partial charge in [0.05, 0.1) is 13.2 Å². The van der Waals surface area contributed by atoms with Crippen LogP contribution in [0.4, 0.5) is 0 Å². The van der Waals surface area contributed by atoms with Crippen molar-refractivity contribution in [3.63, 3.8) is 0 Å². The number of ether oxygens (including phenoxy) is 1. The van der Waals surface area contributed by atoms with E-state index in [1.807, 2.05) is 0 Å². The van der Waals surface area contributed by atoms with E-state index in [2.05, 4.69) is 39.5 Å². The van der Waals surface area contributed by atoms with Crippen LogP contribution < -0.4 is 0 Å². The molecule has 0 spiro atoms. The van der Waals surface area contributed by atoms with Crippen LogP contribution in [0.1, 0.15) is 234 Å². The molecule has 0 aliphatic rings. The summed E-state index contributed by atoms with van der Waals surface area (Å²) < 4.78 is 4.80. The highest BCUT2D eigenvalue weighted by Crippen LogP contribution is 2.24. The van der Waals surface area contributed by atoms with E-state index in [9.17, 15) is 9.90 Å². The Bertz CT molecular complexity index is 599. The van der Waals surface area contributed by atoms with Gasteiger partial charge in [0.15, 0.2) is 0 Å². The van der Waals surface area contributed by atoms with Crippen molar-refractivity contribution in [2.45, 2.75) is 234 Å². The largest absolute Gasteiger partial charge is 0.483 e. The van der Waals surface area contributed by atoms with Gasteiger partial charge in [-0.15, -0.1) is 0 Å². The molecule has 0 aromatic carbocycles. The number of hydrogen-bond donors (Lipinski definition) is 2. The maximum Gasteiger partial charge on any atom is 0.293 e. The zero-order chi connectivity index (χ0) is 38.3. The molecule has 308 valence electrons. The monoisotopic (exact) mass is 728 g/mol. The fourth-order valence-electron chi connectivity index (χ4n) is 7.13. The first-order chi connectivity index (χ1) is 25.0. The minimum Gasteiger partial charge on any atom is -0.483 e. The van der Waals surface area contributed by atoms with Crippen LogP contribution in [0.5, 0.6) is 0 Å². The average Bonchev–Trinajstić information content (AvgIpc) is 3.13. The fourth-order valence-corrected chi connectivity index (χ4v) is 7.13. The van der Waals surface area contributed by atoms with Crippen molar-refractivity contribution >= 4 is 12.9 Å². The Hall–Kier alpha value is -1.14. The van der Waals surface area contributed by atoms with Gasteiger partial charge in [-0.05, 0) is 44.2 Å². The van der Waals surface area contributed by atoms with Crippen LogP contribution in [0.15, 0.2) is 0 Å². The van der Waals surface area contributed by atoms with E-state index >= 15 is 0 Å². The lowest BCUT2D eigenvalue weighted by atomic mass is 9.90. The SMILES string of the molecule is CCCCCC(CCCCC)CCOC=O.CCCCCCCCN(CCO)CCCCCCCCCC(CCCCC)CCCCC.O=CO. The van der Waals surface area contributed by atoms with Gasteiger partial charge in [0.25, 0.3) is 12.9 Å². The standard InChI is InChI=1S/C30H63NO.C14H28O2.CH2O2/c1-4-7-10-11-16-21-26-31(28-29-32)27-22-17-14-12-13-15-20-25-30(23-18-8-5-2)24-19-9-6-3;1-3-5-7-9-14(10-8-6-4-2)11-12-16-13-15;2-1-3/h30,32H,4-29H2,1-3H3;13-14H,3-12H2,1-2H3;1H,(H,2,3). The molecule has 0 aromatic rings. The van der Waals surface area contributed by atoms with Crippen molar-refractivity contribution in [3.05, 3.63) is 0 Å². The van der Waals surface area contributed by atoms with Gasteiger partial charge in [0.1, 0.15) is 0 Å². The molecule has 0 atom stereocenters. The van der Waals surface area contributed by atoms with E-state index < -0.39 is 0 Å². The van der Waals surface area contributed by atoms with Gasteiger partial charge < -0.3 is 19.8 Å². The number of unbranched alkanes of at least 4 members (excludes halogenated alkanes) is 19. The van der Waals surface area contributed by atoms with Crippen LogP contribution >= 0.6 is 0 Å². The third kappa shape index (κ3) is 48.9. The van der Waals surface area contributed by atoms with Crippen LogP contribution in [0.2, 0.25) is 0 Å². The summed E-state index contributed by atoms with van der Waals surface area (Å²) in [5.74, 6) is 1.77. The molecular formula is C45H93NO5. The van der Waals surface area contributed by atoms with Crippen molar-refractivity contribution in [1.29, 1.82) is 0 Å². The molecule has 0 rings (SSSR count). The Morgan fingerprint density at radius 2 is 0.745 bits per heavy atom. The third-order valence-electron chi connectivity index (χ3n) is 10.4. The molecule has 6 nitrogen and oxygen atoms in total. The second-order valence-electron chi connectivity index (χ2n) is 15.2. The number of carbonyl (C=O) groups is 2. The third-order valence-corrected chi connectivity index (χ3v) is 10.4. The summed E-state index contributed by atoms with van der Waals surface area (Å²) in [4.78, 5) is 20.9. The second kappa shape index (κ2) is 51.0. The second-order valence-corrected chi connectivity index (χ2v) is 15.2. The number of rotatable bonds is 39. The Morgan fingerprint density at radius 1 is 0.451 bits per heavy atom. The normalized spacial score (nSPS) is 11.0. The van der Waals surface area contributed by atoms with Crippen molar-refractivity contribution in [2.24, 2.45) is 11.8 Å². The number of carboxylic acid groups (broad SMARTS) is 1. The summed E-state index contributed by atoms with van der Waals surface area (Å²) in [6.45, 7) is 15.9. The summed E-state index contributed by atoms with van der Waals surface area (Å²) in [7, 11) is 0. The molecular weight excluding hydrogens is 634 g/mol. The minimum atomic E-state index is -0.250. The molecule has 0 aliphatic heterocycles. The van der Waals surface area contributed by atoms with Crippen molar-refractivity contribution in [3.8, 4) is 0 Å². The van der Waals surface area contributed by atoms with Crippen LogP contribution in [-0.4, -0.2) is 60.9 Å². The highest BCUT2D eigenvalue weighted by atomic mass is 16.5.